The zero-order valence-electron chi connectivity index (χ0n) is 26.1. The molecule has 1 aromatic heterocycles. The summed E-state index contributed by atoms with van der Waals surface area (Å²) >= 11 is 8.50. The van der Waals surface area contributed by atoms with Crippen LogP contribution in [0.4, 0.5) is 14.6 Å². The highest BCUT2D eigenvalue weighted by Gasteiger charge is 2.34. The largest absolute Gasteiger partial charge is 0.350 e. The van der Waals surface area contributed by atoms with E-state index in [1.807, 2.05) is 6.92 Å². The fourth-order valence-corrected chi connectivity index (χ4v) is 9.25. The molecular weight excluding hydrogens is 616 g/mol. The van der Waals surface area contributed by atoms with E-state index < -0.39 is 11.6 Å². The number of thioether (sulfide) groups is 1. The molecule has 45 heavy (non-hydrogen) atoms. The van der Waals surface area contributed by atoms with Crippen LogP contribution in [0.25, 0.3) is 22.0 Å². The van der Waals surface area contributed by atoms with Crippen LogP contribution in [0.5, 0.6) is 0 Å². The topological polar surface area (TPSA) is 61.7 Å². The van der Waals surface area contributed by atoms with Crippen LogP contribution in [0.15, 0.2) is 46.6 Å². The molecule has 0 unspecified atom stereocenters. The van der Waals surface area contributed by atoms with Crippen LogP contribution in [-0.4, -0.2) is 75.8 Å². The Morgan fingerprint density at radius 3 is 2.69 bits per heavy atom. The lowest BCUT2D eigenvalue weighted by Gasteiger charge is -2.41. The lowest BCUT2D eigenvalue weighted by Crippen LogP contribution is -2.54. The van der Waals surface area contributed by atoms with Crippen molar-refractivity contribution in [2.24, 2.45) is 5.92 Å². The van der Waals surface area contributed by atoms with Crippen molar-refractivity contribution in [2.45, 2.75) is 69.5 Å². The number of rotatable bonds is 8. The molecule has 3 aromatic rings. The third-order valence-corrected chi connectivity index (χ3v) is 11.2. The first-order valence-corrected chi connectivity index (χ1v) is 17.3. The van der Waals surface area contributed by atoms with Gasteiger partial charge >= 0.3 is 5.69 Å². The molecule has 0 spiro atoms. The highest BCUT2D eigenvalue weighted by molar-refractivity contribution is 7.99. The van der Waals surface area contributed by atoms with Gasteiger partial charge in [-0.2, -0.15) is 4.98 Å². The SMILES string of the molecule is C=CC(=O)N1CCN(c2nc(=O)n3c4c(c(-c5ccc(F)cc5F)c(Cl)cc24)SC[C@@H]3CCCN2C[C@@H](C)C[C@H]2CC)[C@@H](C)C1. The summed E-state index contributed by atoms with van der Waals surface area (Å²) in [5.41, 5.74) is 0.990. The number of nitrogens with zero attached hydrogens (tertiary/aromatic N) is 5. The first-order chi connectivity index (χ1) is 21.6. The Hall–Kier alpha value is -2.95. The Morgan fingerprint density at radius 2 is 1.98 bits per heavy atom. The van der Waals surface area contributed by atoms with Gasteiger partial charge in [0.1, 0.15) is 17.5 Å². The maximum atomic E-state index is 15.2. The molecule has 1 amide bonds. The van der Waals surface area contributed by atoms with E-state index in [1.54, 1.807) is 27.3 Å². The highest BCUT2D eigenvalue weighted by Crippen LogP contribution is 2.48. The van der Waals surface area contributed by atoms with Crippen molar-refractivity contribution < 1.29 is 13.6 Å². The smallest absolute Gasteiger partial charge is 0.350 e. The van der Waals surface area contributed by atoms with Gasteiger partial charge < -0.3 is 14.7 Å². The normalized spacial score (nSPS) is 23.6. The number of hydrogen-bond donors (Lipinski definition) is 0. The average Bonchev–Trinajstić information content (AvgIpc) is 3.38. The standard InChI is InChI=1S/C34H40ClF2N5O2S/c1-5-23-14-20(3)17-39(23)11-7-8-24-19-45-32-30(25-10-9-22(36)15-28(25)37)27(35)16-26-31(32)42(24)34(44)38-33(26)41-13-12-40(18-21(41)4)29(43)6-2/h6,9-10,15-16,20-21,23-24H,2,5,7-8,11-14,17-19H2,1,3-4H3/t20-,21-,23+,24-/m0/s1. The van der Waals surface area contributed by atoms with Crippen molar-refractivity contribution in [3.63, 3.8) is 0 Å². The van der Waals surface area contributed by atoms with Gasteiger partial charge in [-0.3, -0.25) is 9.36 Å². The summed E-state index contributed by atoms with van der Waals surface area (Å²) in [6.07, 6.45) is 5.44. The number of amides is 1. The van der Waals surface area contributed by atoms with Gasteiger partial charge in [0.2, 0.25) is 5.91 Å². The van der Waals surface area contributed by atoms with E-state index in [4.69, 9.17) is 11.6 Å². The Balaban J connectivity index is 1.43. The number of carbonyl (C=O) groups is 1. The van der Waals surface area contributed by atoms with Gasteiger partial charge in [-0.25, -0.2) is 13.6 Å². The molecule has 7 nitrogen and oxygen atoms in total. The summed E-state index contributed by atoms with van der Waals surface area (Å²) in [5.74, 6) is 0.315. The van der Waals surface area contributed by atoms with E-state index in [0.29, 0.717) is 69.5 Å². The molecule has 0 aliphatic carbocycles. The van der Waals surface area contributed by atoms with Crippen LogP contribution in [-0.2, 0) is 4.79 Å². The van der Waals surface area contributed by atoms with E-state index >= 15 is 4.39 Å². The second-order valence-electron chi connectivity index (χ2n) is 12.7. The Bertz CT molecular complexity index is 1700. The third kappa shape index (κ3) is 6.01. The molecule has 3 aliphatic rings. The van der Waals surface area contributed by atoms with E-state index in [-0.39, 0.29) is 29.2 Å². The van der Waals surface area contributed by atoms with E-state index in [2.05, 4.69) is 35.2 Å². The Morgan fingerprint density at radius 1 is 1.18 bits per heavy atom. The van der Waals surface area contributed by atoms with E-state index in [9.17, 15) is 14.0 Å². The molecule has 4 atom stereocenters. The molecule has 4 heterocycles. The average molecular weight is 656 g/mol. The monoisotopic (exact) mass is 655 g/mol. The number of carbonyl (C=O) groups excluding carboxylic acids is 1. The Labute approximate surface area is 272 Å². The molecule has 0 bridgehead atoms. The molecule has 11 heteroatoms. The molecular formula is C34H40ClF2N5O2S. The van der Waals surface area contributed by atoms with Gasteiger partial charge in [0.25, 0.3) is 0 Å². The van der Waals surface area contributed by atoms with Crippen LogP contribution in [0.2, 0.25) is 5.02 Å². The minimum absolute atomic E-state index is 0.0919. The summed E-state index contributed by atoms with van der Waals surface area (Å²) in [6.45, 7) is 13.7. The summed E-state index contributed by atoms with van der Waals surface area (Å²) in [6, 6.07) is 5.66. The molecule has 3 aliphatic heterocycles. The molecule has 240 valence electrons. The van der Waals surface area contributed by atoms with Gasteiger partial charge in [0.05, 0.1) is 10.5 Å². The summed E-state index contributed by atoms with van der Waals surface area (Å²) in [7, 11) is 0. The molecule has 2 fully saturated rings. The van der Waals surface area contributed by atoms with Crippen molar-refractivity contribution in [2.75, 3.05) is 43.4 Å². The lowest BCUT2D eigenvalue weighted by atomic mass is 10.0. The molecule has 0 saturated carbocycles. The maximum absolute atomic E-state index is 15.2. The zero-order valence-corrected chi connectivity index (χ0v) is 27.6. The van der Waals surface area contributed by atoms with Gasteiger partial charge in [-0.15, -0.1) is 11.8 Å². The second-order valence-corrected chi connectivity index (χ2v) is 14.1. The van der Waals surface area contributed by atoms with Crippen LogP contribution < -0.4 is 10.6 Å². The van der Waals surface area contributed by atoms with E-state index in [0.717, 1.165) is 38.4 Å². The first-order valence-electron chi connectivity index (χ1n) is 15.9. The minimum Gasteiger partial charge on any atom is -0.350 e. The van der Waals surface area contributed by atoms with Crippen molar-refractivity contribution in [3.05, 3.63) is 64.1 Å². The lowest BCUT2D eigenvalue weighted by molar-refractivity contribution is -0.126. The van der Waals surface area contributed by atoms with Crippen LogP contribution in [0, 0.1) is 17.6 Å². The van der Waals surface area contributed by atoms with Crippen LogP contribution >= 0.6 is 23.4 Å². The predicted octanol–water partition coefficient (Wildman–Crippen LogP) is 6.77. The highest BCUT2D eigenvalue weighted by atomic mass is 35.5. The second kappa shape index (κ2) is 13.0. The summed E-state index contributed by atoms with van der Waals surface area (Å²) in [4.78, 5) is 38.1. The number of piperazine rings is 1. The van der Waals surface area contributed by atoms with Crippen molar-refractivity contribution in [1.82, 2.24) is 19.4 Å². The van der Waals surface area contributed by atoms with Gasteiger partial charge in [-0.1, -0.05) is 32.0 Å². The van der Waals surface area contributed by atoms with Gasteiger partial charge in [0, 0.05) is 77.5 Å². The first kappa shape index (κ1) is 32.0. The van der Waals surface area contributed by atoms with Gasteiger partial charge in [0.15, 0.2) is 0 Å². The molecule has 2 aromatic carbocycles. The molecule has 0 N–H and O–H groups in total. The van der Waals surface area contributed by atoms with Crippen molar-refractivity contribution >= 4 is 46.0 Å². The van der Waals surface area contributed by atoms with Crippen molar-refractivity contribution in [3.8, 4) is 11.1 Å². The number of hydrogen-bond acceptors (Lipinski definition) is 6. The fraction of sp³-hybridized carbons (Fsp3) is 0.500. The molecule has 6 rings (SSSR count). The predicted molar refractivity (Wildman–Crippen MR) is 178 cm³/mol. The van der Waals surface area contributed by atoms with Crippen LogP contribution in [0.3, 0.4) is 0 Å². The maximum Gasteiger partial charge on any atom is 0.350 e. The number of aromatic nitrogens is 2. The van der Waals surface area contributed by atoms with Crippen LogP contribution in [0.1, 0.15) is 52.5 Å². The number of anilines is 1. The van der Waals surface area contributed by atoms with E-state index in [1.165, 1.54) is 24.6 Å². The molecule has 2 saturated heterocycles. The number of benzene rings is 2. The fourth-order valence-electron chi connectivity index (χ4n) is 7.50. The third-order valence-electron chi connectivity index (χ3n) is 9.66. The summed E-state index contributed by atoms with van der Waals surface area (Å²) < 4.78 is 30.9. The zero-order chi connectivity index (χ0) is 32.0. The number of likely N-dealkylation sites (tertiary alicyclic amines) is 1. The summed E-state index contributed by atoms with van der Waals surface area (Å²) in [5, 5.41) is 1.02. The number of halogens is 3. The van der Waals surface area contributed by atoms with Gasteiger partial charge in [-0.05, 0) is 69.3 Å². The minimum atomic E-state index is -0.708. The Kier molecular flexibility index (Phi) is 9.28. The quantitative estimate of drug-likeness (QED) is 0.250. The molecule has 0 radical (unpaired) electrons. The van der Waals surface area contributed by atoms with Crippen molar-refractivity contribution in [1.29, 1.82) is 0 Å².